The Bertz CT molecular complexity index is 816. The molecule has 0 aromatic carbocycles. The fourth-order valence-electron chi connectivity index (χ4n) is 4.17. The van der Waals surface area contributed by atoms with Gasteiger partial charge in [-0.2, -0.15) is 0 Å². The molecule has 3 rings (SSSR count). The van der Waals surface area contributed by atoms with Crippen LogP contribution in [0.4, 0.5) is 0 Å². The van der Waals surface area contributed by atoms with E-state index in [4.69, 9.17) is 9.98 Å². The fourth-order valence-corrected chi connectivity index (χ4v) is 6.11. The summed E-state index contributed by atoms with van der Waals surface area (Å²) >= 11 is 3.79. The van der Waals surface area contributed by atoms with Gasteiger partial charge >= 0.3 is 0 Å². The van der Waals surface area contributed by atoms with Gasteiger partial charge in [-0.1, -0.05) is 26.7 Å². The van der Waals surface area contributed by atoms with Gasteiger partial charge in [-0.25, -0.2) is 0 Å². The van der Waals surface area contributed by atoms with E-state index in [1.807, 2.05) is 22.7 Å². The number of hydrogen-bond donors (Lipinski definition) is 1. The van der Waals surface area contributed by atoms with Crippen LogP contribution >= 0.6 is 22.7 Å². The highest BCUT2D eigenvalue weighted by atomic mass is 32.1. The van der Waals surface area contributed by atoms with Crippen LogP contribution in [0.1, 0.15) is 82.0 Å². The van der Waals surface area contributed by atoms with E-state index in [1.165, 1.54) is 43.5 Å². The first-order valence-corrected chi connectivity index (χ1v) is 12.6. The Labute approximate surface area is 184 Å². The van der Waals surface area contributed by atoms with E-state index >= 15 is 0 Å². The Morgan fingerprint density at radius 1 is 0.759 bits per heavy atom. The number of nitrogens with one attached hydrogen (secondary N) is 1. The van der Waals surface area contributed by atoms with Crippen LogP contribution in [0.25, 0.3) is 0 Å². The maximum absolute atomic E-state index is 5.04. The van der Waals surface area contributed by atoms with Gasteiger partial charge in [0.2, 0.25) is 0 Å². The van der Waals surface area contributed by atoms with E-state index in [9.17, 15) is 0 Å². The normalized spacial score (nSPS) is 22.0. The van der Waals surface area contributed by atoms with Gasteiger partial charge in [-0.3, -0.25) is 9.98 Å². The molecule has 0 bridgehead atoms. The smallest absolute Gasteiger partial charge is 0.110 e. The highest BCUT2D eigenvalue weighted by Gasteiger charge is 2.42. The van der Waals surface area contributed by atoms with Gasteiger partial charge < -0.3 is 5.32 Å². The summed E-state index contributed by atoms with van der Waals surface area (Å²) < 4.78 is 0. The minimum atomic E-state index is 0.241. The van der Waals surface area contributed by atoms with Gasteiger partial charge in [0, 0.05) is 32.6 Å². The van der Waals surface area contributed by atoms with Crippen LogP contribution in [0, 0.1) is 27.7 Å². The Kier molecular flexibility index (Phi) is 7.69. The quantitative estimate of drug-likeness (QED) is 0.455. The van der Waals surface area contributed by atoms with Crippen LogP contribution in [-0.2, 0) is 0 Å². The zero-order valence-electron chi connectivity index (χ0n) is 18.8. The second-order valence-electron chi connectivity index (χ2n) is 8.06. The third-order valence-electron chi connectivity index (χ3n) is 5.60. The number of nitrogens with zero attached hydrogens (tertiary/aromatic N) is 2. The molecule has 0 radical (unpaired) electrons. The van der Waals surface area contributed by atoms with Crippen molar-refractivity contribution >= 4 is 34.3 Å². The predicted octanol–water partition coefficient (Wildman–Crippen LogP) is 6.91. The first kappa shape index (κ1) is 22.2. The van der Waals surface area contributed by atoms with Crippen molar-refractivity contribution in [2.75, 3.05) is 13.1 Å². The molecule has 0 aliphatic carbocycles. The molecule has 1 fully saturated rings. The third kappa shape index (κ3) is 5.00. The van der Waals surface area contributed by atoms with Crippen molar-refractivity contribution in [2.45, 2.75) is 79.1 Å². The lowest BCUT2D eigenvalue weighted by molar-refractivity contribution is 0.778. The average Bonchev–Trinajstić information content (AvgIpc) is 3.29. The van der Waals surface area contributed by atoms with Crippen LogP contribution < -0.4 is 5.32 Å². The number of rotatable bonds is 8. The number of amidine groups is 2. The first-order chi connectivity index (χ1) is 14.0. The van der Waals surface area contributed by atoms with Crippen molar-refractivity contribution in [3.05, 3.63) is 42.8 Å². The molecule has 1 N–H and O–H groups in total. The third-order valence-corrected chi connectivity index (χ3v) is 7.56. The van der Waals surface area contributed by atoms with E-state index in [0.717, 1.165) is 37.6 Å². The molecule has 3 nitrogen and oxygen atoms in total. The second-order valence-corrected chi connectivity index (χ2v) is 11.0. The maximum atomic E-state index is 5.04. The molecule has 1 saturated heterocycles. The molecule has 2 aromatic heterocycles. The largest absolute Gasteiger partial charge is 0.332 e. The summed E-state index contributed by atoms with van der Waals surface area (Å²) in [5, 5.41) is 3.69. The van der Waals surface area contributed by atoms with Crippen LogP contribution in [0.2, 0.25) is 0 Å². The van der Waals surface area contributed by atoms with Gasteiger partial charge in [0.05, 0.1) is 11.8 Å². The maximum Gasteiger partial charge on any atom is 0.110 e. The Morgan fingerprint density at radius 3 is 1.48 bits per heavy atom. The molecule has 29 heavy (non-hydrogen) atoms. The molecule has 2 unspecified atom stereocenters. The zero-order chi connectivity index (χ0) is 21.0. The van der Waals surface area contributed by atoms with E-state index in [2.05, 4.69) is 59.0 Å². The molecule has 2 aromatic rings. The fraction of sp³-hybridized carbons (Fsp3) is 0.583. The molecular formula is C24H35N3S2. The topological polar surface area (TPSA) is 36.8 Å². The van der Waals surface area contributed by atoms with E-state index in [-0.39, 0.29) is 11.8 Å². The van der Waals surface area contributed by atoms with E-state index in [0.29, 0.717) is 0 Å². The molecule has 0 spiro atoms. The first-order valence-electron chi connectivity index (χ1n) is 11.0. The molecule has 3 heterocycles. The predicted molar refractivity (Wildman–Crippen MR) is 131 cm³/mol. The van der Waals surface area contributed by atoms with Gasteiger partial charge in [-0.15, -0.1) is 22.7 Å². The van der Waals surface area contributed by atoms with Crippen molar-refractivity contribution in [1.29, 1.82) is 0 Å². The van der Waals surface area contributed by atoms with Crippen LogP contribution in [-0.4, -0.2) is 24.8 Å². The number of hydrogen-bond acceptors (Lipinski definition) is 4. The SMILES string of the molecule is CCCCN=C1NC(=NCCCC)C(c2cc(C)sc2C)C1c1cc(C)sc1C. The van der Waals surface area contributed by atoms with Crippen molar-refractivity contribution in [3.63, 3.8) is 0 Å². The van der Waals surface area contributed by atoms with Crippen LogP contribution in [0.15, 0.2) is 22.1 Å². The Hall–Kier alpha value is -1.46. The van der Waals surface area contributed by atoms with E-state index < -0.39 is 0 Å². The Morgan fingerprint density at radius 2 is 1.17 bits per heavy atom. The summed E-state index contributed by atoms with van der Waals surface area (Å²) in [7, 11) is 0. The summed E-state index contributed by atoms with van der Waals surface area (Å²) in [5.41, 5.74) is 2.84. The van der Waals surface area contributed by atoms with Crippen LogP contribution in [0.3, 0.4) is 0 Å². The summed E-state index contributed by atoms with van der Waals surface area (Å²) in [6.07, 6.45) is 4.59. The van der Waals surface area contributed by atoms with E-state index in [1.54, 1.807) is 0 Å². The molecule has 1 aliphatic heterocycles. The van der Waals surface area contributed by atoms with Gasteiger partial charge in [0.15, 0.2) is 0 Å². The summed E-state index contributed by atoms with van der Waals surface area (Å²) in [4.78, 5) is 15.6. The highest BCUT2D eigenvalue weighted by molar-refractivity contribution is 7.12. The van der Waals surface area contributed by atoms with Crippen molar-refractivity contribution in [1.82, 2.24) is 5.32 Å². The number of aryl methyl sites for hydroxylation is 4. The minimum absolute atomic E-state index is 0.241. The van der Waals surface area contributed by atoms with Crippen molar-refractivity contribution < 1.29 is 0 Å². The standard InChI is InChI=1S/C24H35N3S2/c1-7-9-11-25-23-21(19-13-15(3)28-17(19)5)22(20-14-16(4)29-18(20)6)24(27-23)26-12-10-8-2/h13-14,21-22H,7-12H2,1-6H3,(H,25,26,27). The highest BCUT2D eigenvalue weighted by Crippen LogP contribution is 2.44. The molecule has 158 valence electrons. The minimum Gasteiger partial charge on any atom is -0.332 e. The number of unbranched alkanes of at least 4 members (excludes halogenated alkanes) is 2. The molecule has 2 atom stereocenters. The van der Waals surface area contributed by atoms with Crippen molar-refractivity contribution in [2.24, 2.45) is 9.98 Å². The molecule has 0 saturated carbocycles. The number of thiophene rings is 2. The van der Waals surface area contributed by atoms with Crippen molar-refractivity contribution in [3.8, 4) is 0 Å². The van der Waals surface area contributed by atoms with Gasteiger partial charge in [0.1, 0.15) is 11.7 Å². The summed E-state index contributed by atoms with van der Waals surface area (Å²) in [6.45, 7) is 15.2. The lowest BCUT2D eigenvalue weighted by Crippen LogP contribution is -2.24. The molecular weight excluding hydrogens is 394 g/mol. The molecule has 0 amide bonds. The lowest BCUT2D eigenvalue weighted by Gasteiger charge is -2.19. The molecule has 5 heteroatoms. The van der Waals surface area contributed by atoms with Gasteiger partial charge in [-0.05, 0) is 63.8 Å². The van der Waals surface area contributed by atoms with Gasteiger partial charge in [0.25, 0.3) is 0 Å². The monoisotopic (exact) mass is 429 g/mol. The summed E-state index contributed by atoms with van der Waals surface area (Å²) in [6, 6.07) is 4.75. The van der Waals surface area contributed by atoms with Crippen LogP contribution in [0.5, 0.6) is 0 Å². The Balaban J connectivity index is 2.12. The number of aliphatic imine (C=N–C) groups is 2. The summed E-state index contributed by atoms with van der Waals surface area (Å²) in [5.74, 6) is 2.71. The average molecular weight is 430 g/mol. The zero-order valence-corrected chi connectivity index (χ0v) is 20.4. The molecule has 1 aliphatic rings. The second kappa shape index (κ2) is 10.0. The lowest BCUT2D eigenvalue weighted by atomic mass is 9.82.